The van der Waals surface area contributed by atoms with Crippen molar-refractivity contribution in [3.63, 3.8) is 0 Å². The topological polar surface area (TPSA) is 40.5 Å². The molecule has 0 heterocycles. The smallest absolute Gasteiger partial charge is 0.0622 e. The van der Waals surface area contributed by atoms with Crippen molar-refractivity contribution in [2.75, 3.05) is 0 Å². The van der Waals surface area contributed by atoms with Crippen LogP contribution in [0, 0.1) is 56.7 Å². The summed E-state index contributed by atoms with van der Waals surface area (Å²) in [5, 5.41) is 22.1. The highest BCUT2D eigenvalue weighted by atomic mass is 16.3. The van der Waals surface area contributed by atoms with E-state index in [0.717, 1.165) is 18.3 Å². The van der Waals surface area contributed by atoms with E-state index in [1.807, 2.05) is 0 Å². The van der Waals surface area contributed by atoms with E-state index in [4.69, 9.17) is 0 Å². The quantitative estimate of drug-likeness (QED) is 0.448. The first-order valence-electron chi connectivity index (χ1n) is 14.0. The molecule has 0 saturated heterocycles. The normalized spacial score (nSPS) is 57.2. The molecule has 0 aromatic rings. The number of aliphatic hydroxyl groups excluding tert-OH is 1. The van der Waals surface area contributed by atoms with Gasteiger partial charge in [0.1, 0.15) is 0 Å². The summed E-state index contributed by atoms with van der Waals surface area (Å²) in [5.74, 6) is 3.29. The first-order valence-corrected chi connectivity index (χ1v) is 14.0. The van der Waals surface area contributed by atoms with Crippen LogP contribution in [-0.2, 0) is 0 Å². The summed E-state index contributed by atoms with van der Waals surface area (Å²) in [6.07, 6.45) is 12.6. The van der Waals surface area contributed by atoms with Gasteiger partial charge in [-0.2, -0.15) is 0 Å². The van der Waals surface area contributed by atoms with Crippen LogP contribution in [0.4, 0.5) is 0 Å². The molecule has 32 heavy (non-hydrogen) atoms. The standard InChI is InChI=1S/C30H52O2/c1-25(2)21-12-16-30(8)22(28(21,6)15-13-23(25)31)10-9-20-24-19(26(3,4)32)11-14-27(24,5)17-18-29(20,30)7/h19-24,31-32H,9-18H2,1-8H3/t19?,20-,21+,22-,23+,24-,27-,28+,29-,30-/m1/s1. The predicted octanol–water partition coefficient (Wildman–Crippen LogP) is 7.22. The van der Waals surface area contributed by atoms with Crippen molar-refractivity contribution in [3.8, 4) is 0 Å². The molecule has 184 valence electrons. The van der Waals surface area contributed by atoms with Crippen molar-refractivity contribution >= 4 is 0 Å². The van der Waals surface area contributed by atoms with Crippen molar-refractivity contribution in [1.29, 1.82) is 0 Å². The van der Waals surface area contributed by atoms with Gasteiger partial charge in [0, 0.05) is 0 Å². The number of rotatable bonds is 1. The van der Waals surface area contributed by atoms with Gasteiger partial charge in [0.25, 0.3) is 0 Å². The first kappa shape index (κ1) is 23.7. The number of fused-ring (bicyclic) bond motifs is 7. The van der Waals surface area contributed by atoms with Crippen LogP contribution in [0.25, 0.3) is 0 Å². The Labute approximate surface area is 198 Å². The minimum absolute atomic E-state index is 0.0364. The van der Waals surface area contributed by atoms with E-state index >= 15 is 0 Å². The van der Waals surface area contributed by atoms with E-state index in [1.54, 1.807) is 0 Å². The van der Waals surface area contributed by atoms with Gasteiger partial charge in [-0.15, -0.1) is 0 Å². The van der Waals surface area contributed by atoms with E-state index in [0.29, 0.717) is 39.4 Å². The number of hydrogen-bond acceptors (Lipinski definition) is 2. The highest BCUT2D eigenvalue weighted by Crippen LogP contribution is 2.77. The number of aliphatic hydroxyl groups is 2. The van der Waals surface area contributed by atoms with Crippen LogP contribution in [0.2, 0.25) is 0 Å². The van der Waals surface area contributed by atoms with Gasteiger partial charge in [0.05, 0.1) is 11.7 Å². The van der Waals surface area contributed by atoms with E-state index in [9.17, 15) is 10.2 Å². The van der Waals surface area contributed by atoms with E-state index < -0.39 is 5.60 Å². The molecule has 0 radical (unpaired) electrons. The fourth-order valence-electron chi connectivity index (χ4n) is 11.7. The molecule has 0 amide bonds. The van der Waals surface area contributed by atoms with E-state index in [2.05, 4.69) is 55.4 Å². The molecule has 0 aliphatic heterocycles. The number of hydrogen-bond donors (Lipinski definition) is 2. The van der Waals surface area contributed by atoms with Crippen LogP contribution in [0.15, 0.2) is 0 Å². The average Bonchev–Trinajstić information content (AvgIpc) is 3.04. The van der Waals surface area contributed by atoms with Crippen LogP contribution in [0.1, 0.15) is 120 Å². The lowest BCUT2D eigenvalue weighted by Gasteiger charge is -2.73. The zero-order chi connectivity index (χ0) is 23.5. The van der Waals surface area contributed by atoms with Gasteiger partial charge in [-0.05, 0) is 135 Å². The maximum absolute atomic E-state index is 11.2. The van der Waals surface area contributed by atoms with E-state index in [-0.39, 0.29) is 11.5 Å². The van der Waals surface area contributed by atoms with Crippen LogP contribution < -0.4 is 0 Å². The molecular weight excluding hydrogens is 392 g/mol. The second kappa shape index (κ2) is 6.77. The largest absolute Gasteiger partial charge is 0.393 e. The molecular formula is C30H52O2. The third-order valence-electron chi connectivity index (χ3n) is 13.7. The fourth-order valence-corrected chi connectivity index (χ4v) is 11.7. The minimum Gasteiger partial charge on any atom is -0.393 e. The molecule has 5 rings (SSSR count). The van der Waals surface area contributed by atoms with Gasteiger partial charge < -0.3 is 10.2 Å². The van der Waals surface area contributed by atoms with Crippen LogP contribution in [-0.4, -0.2) is 21.9 Å². The molecule has 5 aliphatic rings. The molecule has 1 unspecified atom stereocenters. The van der Waals surface area contributed by atoms with Gasteiger partial charge >= 0.3 is 0 Å². The Morgan fingerprint density at radius 3 is 2.03 bits per heavy atom. The van der Waals surface area contributed by atoms with E-state index in [1.165, 1.54) is 57.8 Å². The Hall–Kier alpha value is -0.0800. The summed E-state index contributed by atoms with van der Waals surface area (Å²) in [5.41, 5.74) is 1.02. The van der Waals surface area contributed by atoms with Gasteiger partial charge in [0.15, 0.2) is 0 Å². The lowest BCUT2D eigenvalue weighted by Crippen LogP contribution is -2.66. The van der Waals surface area contributed by atoms with Gasteiger partial charge in [-0.1, -0.05) is 41.5 Å². The van der Waals surface area contributed by atoms with Crippen molar-refractivity contribution in [1.82, 2.24) is 0 Å². The summed E-state index contributed by atoms with van der Waals surface area (Å²) >= 11 is 0. The van der Waals surface area contributed by atoms with Crippen LogP contribution in [0.3, 0.4) is 0 Å². The highest BCUT2D eigenvalue weighted by Gasteiger charge is 2.70. The molecule has 5 aliphatic carbocycles. The first-order chi connectivity index (χ1) is 14.6. The molecule has 2 N–H and O–H groups in total. The molecule has 0 aromatic carbocycles. The summed E-state index contributed by atoms with van der Waals surface area (Å²) in [6, 6.07) is 0. The van der Waals surface area contributed by atoms with Crippen molar-refractivity contribution in [2.24, 2.45) is 56.7 Å². The second-order valence-electron chi connectivity index (χ2n) is 15.5. The predicted molar refractivity (Wildman–Crippen MR) is 132 cm³/mol. The van der Waals surface area contributed by atoms with Crippen LogP contribution in [0.5, 0.6) is 0 Å². The van der Waals surface area contributed by atoms with Gasteiger partial charge in [-0.3, -0.25) is 0 Å². The third kappa shape index (κ3) is 2.78. The lowest BCUT2D eigenvalue weighted by atomic mass is 9.32. The molecule has 2 heteroatoms. The average molecular weight is 445 g/mol. The molecule has 2 nitrogen and oxygen atoms in total. The summed E-state index contributed by atoms with van der Waals surface area (Å²) < 4.78 is 0. The molecule has 10 atom stereocenters. The van der Waals surface area contributed by atoms with Crippen LogP contribution >= 0.6 is 0 Å². The van der Waals surface area contributed by atoms with Crippen molar-refractivity contribution < 1.29 is 10.2 Å². The summed E-state index contributed by atoms with van der Waals surface area (Å²) in [7, 11) is 0. The van der Waals surface area contributed by atoms with Crippen molar-refractivity contribution in [3.05, 3.63) is 0 Å². The Balaban J connectivity index is 1.54. The summed E-state index contributed by atoms with van der Waals surface area (Å²) in [6.45, 7) is 19.5. The zero-order valence-corrected chi connectivity index (χ0v) is 22.4. The Morgan fingerprint density at radius 2 is 1.38 bits per heavy atom. The maximum atomic E-state index is 11.2. The Kier molecular flexibility index (Phi) is 5.01. The molecule has 0 aromatic heterocycles. The zero-order valence-electron chi connectivity index (χ0n) is 22.4. The SMILES string of the molecule is CC(C)(O)C1CC[C@]2(C)CC[C@]3(C)[C@H](CC[C@@H]4[C@@]5(C)CC[C@H](O)C(C)(C)[C@@H]5CC[C@]43C)[C@@H]12. The maximum Gasteiger partial charge on any atom is 0.0622 e. The monoisotopic (exact) mass is 444 g/mol. The lowest BCUT2D eigenvalue weighted by molar-refractivity contribution is -0.250. The Bertz CT molecular complexity index is 765. The molecule has 5 saturated carbocycles. The summed E-state index contributed by atoms with van der Waals surface area (Å²) in [4.78, 5) is 0. The Morgan fingerprint density at radius 1 is 0.688 bits per heavy atom. The molecule has 5 fully saturated rings. The molecule has 0 spiro atoms. The van der Waals surface area contributed by atoms with Crippen molar-refractivity contribution in [2.45, 2.75) is 131 Å². The fraction of sp³-hybridized carbons (Fsp3) is 1.00. The minimum atomic E-state index is -0.564. The van der Waals surface area contributed by atoms with Gasteiger partial charge in [0.2, 0.25) is 0 Å². The molecule has 0 bridgehead atoms. The second-order valence-corrected chi connectivity index (χ2v) is 15.5. The third-order valence-corrected chi connectivity index (χ3v) is 13.7. The van der Waals surface area contributed by atoms with Gasteiger partial charge in [-0.25, -0.2) is 0 Å². The highest BCUT2D eigenvalue weighted by molar-refractivity contribution is 5.19.